The van der Waals surface area contributed by atoms with E-state index < -0.39 is 5.41 Å². The lowest BCUT2D eigenvalue weighted by atomic mass is 9.65. The van der Waals surface area contributed by atoms with Crippen molar-refractivity contribution in [2.75, 3.05) is 31.0 Å². The molecule has 3 aliphatic rings. The Morgan fingerprint density at radius 3 is 2.61 bits per heavy atom. The molecule has 1 saturated carbocycles. The van der Waals surface area contributed by atoms with Gasteiger partial charge in [0.2, 0.25) is 5.91 Å². The number of nitrogens with two attached hydrogens (primary N) is 1. The van der Waals surface area contributed by atoms with Crippen LogP contribution in [0.5, 0.6) is 11.5 Å². The first kappa shape index (κ1) is 20.2. The average molecular weight is 423 g/mol. The third-order valence-electron chi connectivity index (χ3n) is 6.94. The molecule has 6 heteroatoms. The van der Waals surface area contributed by atoms with E-state index in [2.05, 4.69) is 0 Å². The molecule has 2 fully saturated rings. The van der Waals surface area contributed by atoms with E-state index in [0.717, 1.165) is 67.7 Å². The maximum atomic E-state index is 13.6. The fraction of sp³-hybridized carbons (Fsp3) is 0.480. The number of amides is 1. The maximum absolute atomic E-state index is 13.6. The van der Waals surface area contributed by atoms with Gasteiger partial charge >= 0.3 is 0 Å². The first-order valence-corrected chi connectivity index (χ1v) is 11.2. The Morgan fingerprint density at radius 1 is 1.16 bits per heavy atom. The first-order valence-electron chi connectivity index (χ1n) is 11.2. The van der Waals surface area contributed by atoms with Gasteiger partial charge in [0.15, 0.2) is 0 Å². The molecule has 1 atom stereocenters. The van der Waals surface area contributed by atoms with Crippen molar-refractivity contribution in [3.05, 3.63) is 47.5 Å². The van der Waals surface area contributed by atoms with E-state index in [9.17, 15) is 4.79 Å². The van der Waals surface area contributed by atoms with Gasteiger partial charge in [0.1, 0.15) is 18.1 Å². The fourth-order valence-electron chi connectivity index (χ4n) is 5.06. The van der Waals surface area contributed by atoms with E-state index in [1.54, 1.807) is 7.11 Å². The van der Waals surface area contributed by atoms with Crippen molar-refractivity contribution in [1.29, 1.82) is 0 Å². The first-order chi connectivity index (χ1) is 15.1. The highest BCUT2D eigenvalue weighted by atomic mass is 16.5. The minimum Gasteiger partial charge on any atom is -0.497 e. The molecule has 1 aliphatic carbocycles. The number of benzene rings is 2. The highest BCUT2D eigenvalue weighted by Crippen LogP contribution is 2.57. The topological polar surface area (TPSA) is 74.0 Å². The lowest BCUT2D eigenvalue weighted by Crippen LogP contribution is -2.44. The highest BCUT2D eigenvalue weighted by molar-refractivity contribution is 6.10. The molecule has 5 rings (SSSR count). The molecule has 1 spiro atoms. The molecule has 0 radical (unpaired) electrons. The summed E-state index contributed by atoms with van der Waals surface area (Å²) in [6.45, 7) is 1.76. The Hall–Kier alpha value is -2.73. The summed E-state index contributed by atoms with van der Waals surface area (Å²) in [6.07, 6.45) is 6.16. The molecular weight excluding hydrogens is 392 g/mol. The molecule has 2 heterocycles. The second kappa shape index (κ2) is 8.08. The summed E-state index contributed by atoms with van der Waals surface area (Å²) in [7, 11) is 1.65. The summed E-state index contributed by atoms with van der Waals surface area (Å²) in [4.78, 5) is 15.5. The number of rotatable bonds is 6. The number of ether oxygens (including phenoxy) is 3. The molecule has 0 aromatic heterocycles. The number of carbonyl (C=O) groups is 1. The lowest BCUT2D eigenvalue weighted by Gasteiger charge is -2.37. The number of hydrogen-bond donors (Lipinski definition) is 1. The van der Waals surface area contributed by atoms with Gasteiger partial charge in [-0.1, -0.05) is 18.6 Å². The molecule has 1 amide bonds. The van der Waals surface area contributed by atoms with Crippen molar-refractivity contribution in [2.24, 2.45) is 0 Å². The van der Waals surface area contributed by atoms with Crippen molar-refractivity contribution in [1.82, 2.24) is 0 Å². The van der Waals surface area contributed by atoms with E-state index >= 15 is 0 Å². The maximum Gasteiger partial charge on any atom is 0.238 e. The van der Waals surface area contributed by atoms with Crippen LogP contribution in [0.3, 0.4) is 0 Å². The van der Waals surface area contributed by atoms with E-state index in [0.29, 0.717) is 24.6 Å². The van der Waals surface area contributed by atoms with Gasteiger partial charge in [-0.3, -0.25) is 4.79 Å². The van der Waals surface area contributed by atoms with Crippen LogP contribution in [0.2, 0.25) is 0 Å². The van der Waals surface area contributed by atoms with Crippen LogP contribution in [-0.2, 0) is 21.5 Å². The molecule has 1 unspecified atom stereocenters. The van der Waals surface area contributed by atoms with Gasteiger partial charge in [-0.05, 0) is 61.4 Å². The monoisotopic (exact) mass is 422 g/mol. The van der Waals surface area contributed by atoms with Crippen molar-refractivity contribution >= 4 is 17.3 Å². The molecule has 164 valence electrons. The van der Waals surface area contributed by atoms with Crippen molar-refractivity contribution in [3.63, 3.8) is 0 Å². The van der Waals surface area contributed by atoms with Crippen molar-refractivity contribution in [3.8, 4) is 11.5 Å². The second-order valence-electron chi connectivity index (χ2n) is 8.89. The Labute approximate surface area is 183 Å². The van der Waals surface area contributed by atoms with Gasteiger partial charge < -0.3 is 24.8 Å². The van der Waals surface area contributed by atoms with Crippen LogP contribution in [-0.4, -0.2) is 32.3 Å². The third kappa shape index (κ3) is 3.53. The van der Waals surface area contributed by atoms with Gasteiger partial charge in [0, 0.05) is 18.4 Å². The Morgan fingerprint density at radius 2 is 1.97 bits per heavy atom. The summed E-state index contributed by atoms with van der Waals surface area (Å²) >= 11 is 0. The van der Waals surface area contributed by atoms with Gasteiger partial charge in [-0.2, -0.15) is 0 Å². The summed E-state index contributed by atoms with van der Waals surface area (Å²) < 4.78 is 17.4. The number of hydrogen-bond acceptors (Lipinski definition) is 5. The van der Waals surface area contributed by atoms with Gasteiger partial charge in [0.25, 0.3) is 0 Å². The third-order valence-corrected chi connectivity index (χ3v) is 6.94. The molecule has 2 aromatic rings. The highest BCUT2D eigenvalue weighted by Gasteiger charge is 2.55. The second-order valence-corrected chi connectivity index (χ2v) is 8.89. The number of methoxy groups -OCH3 is 1. The van der Waals surface area contributed by atoms with E-state index in [1.807, 2.05) is 41.3 Å². The van der Waals surface area contributed by atoms with Crippen LogP contribution in [0, 0.1) is 0 Å². The average Bonchev–Trinajstić information content (AvgIpc) is 3.01. The molecule has 2 aliphatic heterocycles. The number of carbonyl (C=O) groups excluding carboxylic acids is 1. The van der Waals surface area contributed by atoms with Gasteiger partial charge in [0.05, 0.1) is 30.9 Å². The molecule has 0 bridgehead atoms. The number of nitrogens with zero attached hydrogens (tertiary/aromatic N) is 1. The van der Waals surface area contributed by atoms with Crippen molar-refractivity contribution < 1.29 is 19.0 Å². The Bertz CT molecular complexity index is 962. The zero-order valence-corrected chi connectivity index (χ0v) is 18.1. The van der Waals surface area contributed by atoms with E-state index in [4.69, 9.17) is 19.9 Å². The van der Waals surface area contributed by atoms with Crippen molar-refractivity contribution in [2.45, 2.75) is 56.6 Å². The molecule has 6 nitrogen and oxygen atoms in total. The van der Waals surface area contributed by atoms with Crippen LogP contribution in [0.4, 0.5) is 11.4 Å². The predicted molar refractivity (Wildman–Crippen MR) is 120 cm³/mol. The number of anilines is 2. The largest absolute Gasteiger partial charge is 0.497 e. The summed E-state index contributed by atoms with van der Waals surface area (Å²) in [6, 6.07) is 11.7. The molecule has 2 aromatic carbocycles. The fourth-order valence-corrected chi connectivity index (χ4v) is 5.06. The summed E-state index contributed by atoms with van der Waals surface area (Å²) in [5.41, 5.74) is 9.41. The minimum atomic E-state index is -0.448. The zero-order chi connectivity index (χ0) is 21.4. The number of nitrogen functional groups attached to an aromatic ring is 1. The van der Waals surface area contributed by atoms with Crippen LogP contribution < -0.4 is 20.1 Å². The molecule has 31 heavy (non-hydrogen) atoms. The van der Waals surface area contributed by atoms with E-state index in [-0.39, 0.29) is 12.0 Å². The SMILES string of the molecule is COc1ccc(CN2C(=O)C3(CCC3)c3cc(N)cc(OCC4CCCCO4)c32)cc1. The Kier molecular flexibility index (Phi) is 5.26. The lowest BCUT2D eigenvalue weighted by molar-refractivity contribution is -0.126. The Balaban J connectivity index is 1.48. The van der Waals surface area contributed by atoms with Gasteiger partial charge in [-0.25, -0.2) is 0 Å². The predicted octanol–water partition coefficient (Wildman–Crippen LogP) is 4.19. The van der Waals surface area contributed by atoms with Gasteiger partial charge in [-0.15, -0.1) is 0 Å². The smallest absolute Gasteiger partial charge is 0.238 e. The summed E-state index contributed by atoms with van der Waals surface area (Å²) in [5.74, 6) is 1.65. The molecule has 2 N–H and O–H groups in total. The molecule has 1 saturated heterocycles. The summed E-state index contributed by atoms with van der Waals surface area (Å²) in [5, 5.41) is 0. The van der Waals surface area contributed by atoms with Crippen LogP contribution in [0.1, 0.15) is 49.7 Å². The van der Waals surface area contributed by atoms with Crippen LogP contribution in [0.15, 0.2) is 36.4 Å². The zero-order valence-electron chi connectivity index (χ0n) is 18.1. The molecular formula is C25H30N2O4. The standard InChI is InChI=1S/C25H30N2O4/c1-29-19-8-6-17(7-9-19)15-27-23-21(25(24(27)28)10-4-11-25)13-18(26)14-22(23)31-16-20-5-2-3-12-30-20/h6-9,13-14,20H,2-5,10-12,15-16,26H2,1H3. The number of fused-ring (bicyclic) bond motifs is 2. The normalized spacial score (nSPS) is 21.6. The van der Waals surface area contributed by atoms with Crippen LogP contribution >= 0.6 is 0 Å². The van der Waals surface area contributed by atoms with E-state index in [1.165, 1.54) is 0 Å². The van der Waals surface area contributed by atoms with Crippen LogP contribution in [0.25, 0.3) is 0 Å². The quantitative estimate of drug-likeness (QED) is 0.707. The minimum absolute atomic E-state index is 0.0932.